The predicted octanol–water partition coefficient (Wildman–Crippen LogP) is 2.58. The summed E-state index contributed by atoms with van der Waals surface area (Å²) in [5.74, 6) is 6.90. The zero-order chi connectivity index (χ0) is 19.2. The van der Waals surface area contributed by atoms with Crippen molar-refractivity contribution < 1.29 is 14.2 Å². The Morgan fingerprint density at radius 2 is 2.07 bits per heavy atom. The average molecular weight is 388 g/mol. The first-order valence-corrected chi connectivity index (χ1v) is 8.79. The van der Waals surface area contributed by atoms with Gasteiger partial charge in [0.15, 0.2) is 11.5 Å². The second-order valence-corrected chi connectivity index (χ2v) is 6.34. The molecule has 140 valence electrons. The van der Waals surface area contributed by atoms with Crippen LogP contribution in [-0.2, 0) is 5.75 Å². The normalized spacial score (nSPS) is 11.0. The number of anilines is 1. The number of nitrogens with two attached hydrogens (primary N) is 1. The van der Waals surface area contributed by atoms with E-state index >= 15 is 0 Å². The minimum atomic E-state index is -0.278. The van der Waals surface area contributed by atoms with Crippen molar-refractivity contribution in [2.75, 3.05) is 18.4 Å². The second kappa shape index (κ2) is 8.41. The van der Waals surface area contributed by atoms with Gasteiger partial charge in [-0.15, -0.1) is 10.2 Å². The number of nitrogens with zero attached hydrogens (tertiary/aromatic N) is 4. The zero-order valence-electron chi connectivity index (χ0n) is 14.3. The average Bonchev–Trinajstić information content (AvgIpc) is 3.01. The Hall–Kier alpha value is -3.27. The van der Waals surface area contributed by atoms with Crippen molar-refractivity contribution >= 4 is 23.9 Å². The van der Waals surface area contributed by atoms with Gasteiger partial charge in [-0.05, 0) is 41.5 Å². The highest BCUT2D eigenvalue weighted by molar-refractivity contribution is 7.98. The summed E-state index contributed by atoms with van der Waals surface area (Å²) in [5.41, 5.74) is 4.30. The van der Waals surface area contributed by atoms with E-state index in [-0.39, 0.29) is 17.5 Å². The van der Waals surface area contributed by atoms with Gasteiger partial charge in [0, 0.05) is 5.75 Å². The third kappa shape index (κ3) is 4.67. The van der Waals surface area contributed by atoms with Crippen LogP contribution >= 0.6 is 11.8 Å². The van der Waals surface area contributed by atoms with Crippen molar-refractivity contribution in [2.24, 2.45) is 5.10 Å². The van der Waals surface area contributed by atoms with E-state index in [1.165, 1.54) is 48.0 Å². The number of phenolic OH excluding ortho intramolecular Hbond substituents is 1. The van der Waals surface area contributed by atoms with Crippen LogP contribution in [0.1, 0.15) is 11.1 Å². The number of hydrazone groups is 1. The number of hydrogen-bond donors (Lipinski definition) is 3. The standard InChI is InChI=1S/C17H17FN6O2S/c1-26-15-7-4-12(8-14(15)25)9-20-21-16-22-23-17(24(16)19)27-10-11-2-5-13(18)6-3-11/h2-9,25H,10,19H2,1H3,(H,21,22)/b20-9+. The van der Waals surface area contributed by atoms with Gasteiger partial charge in [0.25, 0.3) is 5.95 Å². The molecule has 0 saturated carbocycles. The summed E-state index contributed by atoms with van der Waals surface area (Å²) in [6, 6.07) is 11.1. The number of aromatic nitrogens is 3. The molecular formula is C17H17FN6O2S. The van der Waals surface area contributed by atoms with Crippen LogP contribution in [0.5, 0.6) is 11.5 Å². The van der Waals surface area contributed by atoms with Crippen molar-refractivity contribution in [1.29, 1.82) is 0 Å². The zero-order valence-corrected chi connectivity index (χ0v) is 15.2. The van der Waals surface area contributed by atoms with E-state index < -0.39 is 0 Å². The molecule has 0 saturated heterocycles. The Labute approximate surface area is 158 Å². The Kier molecular flexibility index (Phi) is 5.77. The van der Waals surface area contributed by atoms with Gasteiger partial charge in [0.05, 0.1) is 13.3 Å². The van der Waals surface area contributed by atoms with Gasteiger partial charge in [0.2, 0.25) is 5.16 Å². The fourth-order valence-corrected chi connectivity index (χ4v) is 2.94. The summed E-state index contributed by atoms with van der Waals surface area (Å²) in [6.07, 6.45) is 1.50. The lowest BCUT2D eigenvalue weighted by molar-refractivity contribution is 0.373. The molecule has 3 aromatic rings. The molecule has 0 aliphatic carbocycles. The minimum Gasteiger partial charge on any atom is -0.504 e. The molecule has 0 aliphatic heterocycles. The van der Waals surface area contributed by atoms with E-state index in [2.05, 4.69) is 20.7 Å². The van der Waals surface area contributed by atoms with Crippen molar-refractivity contribution in [3.05, 3.63) is 59.4 Å². The van der Waals surface area contributed by atoms with Crippen LogP contribution in [0.25, 0.3) is 0 Å². The number of rotatable bonds is 7. The van der Waals surface area contributed by atoms with Gasteiger partial charge in [-0.2, -0.15) is 5.10 Å². The second-order valence-electron chi connectivity index (χ2n) is 5.39. The van der Waals surface area contributed by atoms with Gasteiger partial charge in [-0.1, -0.05) is 23.9 Å². The summed E-state index contributed by atoms with van der Waals surface area (Å²) < 4.78 is 19.2. The number of nitrogens with one attached hydrogen (secondary N) is 1. The maximum atomic E-state index is 12.9. The van der Waals surface area contributed by atoms with Crippen LogP contribution in [0.2, 0.25) is 0 Å². The quantitative estimate of drug-likeness (QED) is 0.247. The fourth-order valence-electron chi connectivity index (χ4n) is 2.13. The monoisotopic (exact) mass is 388 g/mol. The number of ether oxygens (including phenoxy) is 1. The molecule has 0 aliphatic rings. The van der Waals surface area contributed by atoms with E-state index in [0.717, 1.165) is 5.56 Å². The molecule has 0 unspecified atom stereocenters. The first-order chi connectivity index (χ1) is 13.1. The molecule has 1 aromatic heterocycles. The lowest BCUT2D eigenvalue weighted by Crippen LogP contribution is -2.13. The number of thioether (sulfide) groups is 1. The molecule has 0 spiro atoms. The van der Waals surface area contributed by atoms with Gasteiger partial charge in [-0.25, -0.2) is 14.5 Å². The van der Waals surface area contributed by atoms with Crippen LogP contribution in [0.15, 0.2) is 52.7 Å². The number of methoxy groups -OCH3 is 1. The number of nitrogen functional groups attached to an aromatic ring is 1. The summed E-state index contributed by atoms with van der Waals surface area (Å²) in [6.45, 7) is 0. The Morgan fingerprint density at radius 3 is 2.78 bits per heavy atom. The highest BCUT2D eigenvalue weighted by Gasteiger charge is 2.10. The number of hydrogen-bond acceptors (Lipinski definition) is 8. The Bertz CT molecular complexity index is 945. The van der Waals surface area contributed by atoms with E-state index in [0.29, 0.717) is 22.2 Å². The van der Waals surface area contributed by atoms with Crippen LogP contribution < -0.4 is 16.0 Å². The Balaban J connectivity index is 1.59. The van der Waals surface area contributed by atoms with Crippen molar-refractivity contribution in [3.8, 4) is 11.5 Å². The van der Waals surface area contributed by atoms with Crippen molar-refractivity contribution in [3.63, 3.8) is 0 Å². The highest BCUT2D eigenvalue weighted by atomic mass is 32.2. The molecule has 1 heterocycles. The molecule has 0 bridgehead atoms. The summed E-state index contributed by atoms with van der Waals surface area (Å²) >= 11 is 1.37. The lowest BCUT2D eigenvalue weighted by Gasteiger charge is -2.04. The van der Waals surface area contributed by atoms with Crippen LogP contribution in [0.3, 0.4) is 0 Å². The van der Waals surface area contributed by atoms with E-state index in [4.69, 9.17) is 10.6 Å². The van der Waals surface area contributed by atoms with Crippen molar-refractivity contribution in [2.45, 2.75) is 10.9 Å². The van der Waals surface area contributed by atoms with Gasteiger partial charge < -0.3 is 15.7 Å². The number of halogens is 1. The Morgan fingerprint density at radius 1 is 1.30 bits per heavy atom. The highest BCUT2D eigenvalue weighted by Crippen LogP contribution is 2.25. The van der Waals surface area contributed by atoms with E-state index in [1.807, 2.05) is 0 Å². The molecule has 4 N–H and O–H groups in total. The van der Waals surface area contributed by atoms with Crippen LogP contribution in [0, 0.1) is 5.82 Å². The third-order valence-electron chi connectivity index (χ3n) is 3.53. The van der Waals surface area contributed by atoms with E-state index in [1.54, 1.807) is 24.3 Å². The summed E-state index contributed by atoms with van der Waals surface area (Å²) in [7, 11) is 1.48. The predicted molar refractivity (Wildman–Crippen MR) is 102 cm³/mol. The molecule has 0 atom stereocenters. The van der Waals surface area contributed by atoms with Gasteiger partial charge >= 0.3 is 0 Å². The smallest absolute Gasteiger partial charge is 0.264 e. The molecule has 0 amide bonds. The van der Waals surface area contributed by atoms with Crippen molar-refractivity contribution in [1.82, 2.24) is 14.9 Å². The molecule has 27 heavy (non-hydrogen) atoms. The molecule has 2 aromatic carbocycles. The molecular weight excluding hydrogens is 371 g/mol. The summed E-state index contributed by atoms with van der Waals surface area (Å²) in [4.78, 5) is 0. The van der Waals surface area contributed by atoms with Crippen LogP contribution in [0.4, 0.5) is 10.3 Å². The summed E-state index contributed by atoms with van der Waals surface area (Å²) in [5, 5.41) is 22.2. The first kappa shape index (κ1) is 18.5. The van der Waals surface area contributed by atoms with E-state index in [9.17, 15) is 9.50 Å². The largest absolute Gasteiger partial charge is 0.504 e. The lowest BCUT2D eigenvalue weighted by atomic mass is 10.2. The SMILES string of the molecule is COc1ccc(/C=N/Nc2nnc(SCc3ccc(F)cc3)n2N)cc1O. The molecule has 0 fully saturated rings. The maximum Gasteiger partial charge on any atom is 0.264 e. The minimum absolute atomic E-state index is 0.0166. The molecule has 8 nitrogen and oxygen atoms in total. The number of benzene rings is 2. The van der Waals surface area contributed by atoms with Gasteiger partial charge in [-0.3, -0.25) is 0 Å². The number of aromatic hydroxyl groups is 1. The number of phenols is 1. The van der Waals surface area contributed by atoms with Crippen LogP contribution in [-0.4, -0.2) is 33.3 Å². The third-order valence-corrected chi connectivity index (χ3v) is 4.54. The maximum absolute atomic E-state index is 12.9. The molecule has 10 heteroatoms. The fraction of sp³-hybridized carbons (Fsp3) is 0.118. The topological polar surface area (TPSA) is 111 Å². The molecule has 3 rings (SSSR count). The first-order valence-electron chi connectivity index (χ1n) is 7.80. The molecule has 0 radical (unpaired) electrons. The van der Waals surface area contributed by atoms with Gasteiger partial charge in [0.1, 0.15) is 5.82 Å².